The average Bonchev–Trinajstić information content (AvgIpc) is 2.74. The van der Waals surface area contributed by atoms with Gasteiger partial charge in [-0.05, 0) is 70.1 Å². The lowest BCUT2D eigenvalue weighted by molar-refractivity contribution is -0.131. The molecule has 0 radical (unpaired) electrons. The molecule has 0 bridgehead atoms. The Bertz CT molecular complexity index is 906. The number of sulfone groups is 1. The van der Waals surface area contributed by atoms with E-state index >= 15 is 0 Å². The predicted octanol–water partition coefficient (Wildman–Crippen LogP) is 3.74. The lowest BCUT2D eigenvalue weighted by Crippen LogP contribution is -2.42. The van der Waals surface area contributed by atoms with Crippen molar-refractivity contribution >= 4 is 21.7 Å². The summed E-state index contributed by atoms with van der Waals surface area (Å²) in [7, 11) is -3.15. The highest BCUT2D eigenvalue weighted by molar-refractivity contribution is 7.92. The smallest absolute Gasteiger partial charge is 0.251 e. The lowest BCUT2D eigenvalue weighted by atomic mass is 9.95. The number of benzene rings is 1. The van der Waals surface area contributed by atoms with E-state index in [1.165, 1.54) is 6.42 Å². The van der Waals surface area contributed by atoms with Crippen LogP contribution in [0.15, 0.2) is 24.3 Å². The molecule has 1 aromatic carbocycles. The van der Waals surface area contributed by atoms with E-state index in [4.69, 9.17) is 0 Å². The molecular weight excluding hydrogens is 424 g/mol. The van der Waals surface area contributed by atoms with Gasteiger partial charge >= 0.3 is 0 Å². The Kier molecular flexibility index (Phi) is 8.01. The van der Waals surface area contributed by atoms with Crippen LogP contribution >= 0.6 is 0 Å². The van der Waals surface area contributed by atoms with Crippen LogP contribution in [0.4, 0.5) is 0 Å². The third-order valence-corrected chi connectivity index (χ3v) is 9.62. The molecule has 3 rings (SSSR count). The summed E-state index contributed by atoms with van der Waals surface area (Å²) in [6.07, 6.45) is 7.34. The van der Waals surface area contributed by atoms with Crippen LogP contribution in [0.5, 0.6) is 0 Å². The minimum absolute atomic E-state index is 0.0342. The Labute approximate surface area is 193 Å². The van der Waals surface area contributed by atoms with Gasteiger partial charge in [0.15, 0.2) is 9.84 Å². The second-order valence-corrected chi connectivity index (χ2v) is 13.2. The predicted molar refractivity (Wildman–Crippen MR) is 127 cm³/mol. The number of hydrogen-bond acceptors (Lipinski definition) is 4. The largest absolute Gasteiger partial charge is 0.349 e. The Morgan fingerprint density at radius 2 is 1.69 bits per heavy atom. The number of hydrogen-bond donors (Lipinski definition) is 1. The van der Waals surface area contributed by atoms with Crippen molar-refractivity contribution in [2.75, 3.05) is 18.8 Å². The van der Waals surface area contributed by atoms with Gasteiger partial charge in [0.2, 0.25) is 5.91 Å². The first kappa shape index (κ1) is 24.7. The fourth-order valence-corrected chi connectivity index (χ4v) is 5.99. The van der Waals surface area contributed by atoms with Crippen LogP contribution < -0.4 is 5.32 Å². The first-order valence-corrected chi connectivity index (χ1v) is 13.6. The molecule has 0 aromatic heterocycles. The summed E-state index contributed by atoms with van der Waals surface area (Å²) in [5, 5.41) is 3.13. The summed E-state index contributed by atoms with van der Waals surface area (Å²) in [6.45, 7) is 6.40. The van der Waals surface area contributed by atoms with Gasteiger partial charge in [0.1, 0.15) is 0 Å². The molecular formula is C25H38N2O4S. The standard InChI is InChI=1S/C25H38N2O4S/c1-25(2,3)32(30,31)18-19-12-14-27(15-13-19)23(28)17-20-8-7-9-21(16-20)24(29)26-22-10-5-4-6-11-22/h7-9,16,19,22H,4-6,10-15,17-18H2,1-3H3,(H,26,29). The minimum Gasteiger partial charge on any atom is -0.349 e. The molecule has 2 fully saturated rings. The fourth-order valence-electron chi connectivity index (χ4n) is 4.53. The maximum absolute atomic E-state index is 12.8. The van der Waals surface area contributed by atoms with Crippen LogP contribution in [0, 0.1) is 5.92 Å². The molecule has 2 amide bonds. The highest BCUT2D eigenvalue weighted by Crippen LogP contribution is 2.25. The van der Waals surface area contributed by atoms with Crippen LogP contribution in [-0.4, -0.2) is 54.8 Å². The molecule has 0 unspecified atom stereocenters. The van der Waals surface area contributed by atoms with Crippen molar-refractivity contribution in [2.45, 2.75) is 82.9 Å². The summed E-state index contributed by atoms with van der Waals surface area (Å²) in [5.41, 5.74) is 1.44. The maximum Gasteiger partial charge on any atom is 0.251 e. The fraction of sp³-hybridized carbons (Fsp3) is 0.680. The molecule has 1 heterocycles. The molecule has 0 atom stereocenters. The molecule has 32 heavy (non-hydrogen) atoms. The normalized spacial score (nSPS) is 19.0. The maximum atomic E-state index is 12.8. The Hall–Kier alpha value is -1.89. The number of carbonyl (C=O) groups excluding carboxylic acids is 2. The topological polar surface area (TPSA) is 83.6 Å². The van der Waals surface area contributed by atoms with Crippen molar-refractivity contribution < 1.29 is 18.0 Å². The van der Waals surface area contributed by atoms with Crippen molar-refractivity contribution in [3.8, 4) is 0 Å². The number of piperidine rings is 1. The SMILES string of the molecule is CC(C)(C)S(=O)(=O)CC1CCN(C(=O)Cc2cccc(C(=O)NC3CCCCC3)c2)CC1. The van der Waals surface area contributed by atoms with Crippen LogP contribution in [-0.2, 0) is 21.1 Å². The summed E-state index contributed by atoms with van der Waals surface area (Å²) in [6, 6.07) is 7.59. The quantitative estimate of drug-likeness (QED) is 0.698. The first-order chi connectivity index (χ1) is 15.0. The van der Waals surface area contributed by atoms with Crippen molar-refractivity contribution in [1.29, 1.82) is 0 Å². The van der Waals surface area contributed by atoms with Crippen LogP contribution in [0.2, 0.25) is 0 Å². The highest BCUT2D eigenvalue weighted by Gasteiger charge is 2.33. The summed E-state index contributed by atoms with van der Waals surface area (Å²) in [5.74, 6) is 0.269. The van der Waals surface area contributed by atoms with Gasteiger partial charge in [0.05, 0.1) is 16.9 Å². The first-order valence-electron chi connectivity index (χ1n) is 11.9. The Morgan fingerprint density at radius 1 is 1.03 bits per heavy atom. The second-order valence-electron chi connectivity index (χ2n) is 10.4. The summed E-state index contributed by atoms with van der Waals surface area (Å²) >= 11 is 0. The van der Waals surface area contributed by atoms with E-state index in [1.54, 1.807) is 26.8 Å². The number of rotatable bonds is 6. The van der Waals surface area contributed by atoms with Gasteiger partial charge in [-0.25, -0.2) is 8.42 Å². The van der Waals surface area contributed by atoms with E-state index in [2.05, 4.69) is 5.32 Å². The number of nitrogens with zero attached hydrogens (tertiary/aromatic N) is 1. The van der Waals surface area contributed by atoms with E-state index in [-0.39, 0.29) is 35.9 Å². The third-order valence-electron chi connectivity index (χ3n) is 6.84. The van der Waals surface area contributed by atoms with Gasteiger partial charge in [-0.2, -0.15) is 0 Å². The van der Waals surface area contributed by atoms with E-state index < -0.39 is 14.6 Å². The summed E-state index contributed by atoms with van der Waals surface area (Å²) < 4.78 is 24.2. The van der Waals surface area contributed by atoms with Crippen molar-refractivity contribution in [1.82, 2.24) is 10.2 Å². The van der Waals surface area contributed by atoms with Gasteiger partial charge in [0, 0.05) is 24.7 Å². The molecule has 178 valence electrons. The zero-order chi connectivity index (χ0) is 23.4. The number of likely N-dealkylation sites (tertiary alicyclic amines) is 1. The number of carbonyl (C=O) groups is 2. The molecule has 1 saturated heterocycles. The lowest BCUT2D eigenvalue weighted by Gasteiger charge is -2.33. The van der Waals surface area contributed by atoms with Crippen molar-refractivity contribution in [3.05, 3.63) is 35.4 Å². The molecule has 7 heteroatoms. The van der Waals surface area contributed by atoms with Gasteiger partial charge in [0.25, 0.3) is 5.91 Å². The van der Waals surface area contributed by atoms with Crippen LogP contribution in [0.25, 0.3) is 0 Å². The number of amides is 2. The monoisotopic (exact) mass is 462 g/mol. The Morgan fingerprint density at radius 3 is 2.31 bits per heavy atom. The molecule has 1 N–H and O–H groups in total. The molecule has 0 spiro atoms. The molecule has 1 aliphatic heterocycles. The zero-order valence-electron chi connectivity index (χ0n) is 19.7. The van der Waals surface area contributed by atoms with Gasteiger partial charge < -0.3 is 10.2 Å². The molecule has 1 saturated carbocycles. The van der Waals surface area contributed by atoms with Crippen molar-refractivity contribution in [2.24, 2.45) is 5.92 Å². The second kappa shape index (κ2) is 10.4. The minimum atomic E-state index is -3.15. The summed E-state index contributed by atoms with van der Waals surface area (Å²) in [4.78, 5) is 27.3. The highest BCUT2D eigenvalue weighted by atomic mass is 32.2. The molecule has 6 nitrogen and oxygen atoms in total. The van der Waals surface area contributed by atoms with Gasteiger partial charge in [-0.15, -0.1) is 0 Å². The number of nitrogens with one attached hydrogen (secondary N) is 1. The van der Waals surface area contributed by atoms with E-state index in [0.29, 0.717) is 31.5 Å². The third kappa shape index (κ3) is 6.56. The van der Waals surface area contributed by atoms with Crippen molar-refractivity contribution in [3.63, 3.8) is 0 Å². The van der Waals surface area contributed by atoms with Crippen LogP contribution in [0.3, 0.4) is 0 Å². The Balaban J connectivity index is 1.51. The van der Waals surface area contributed by atoms with Gasteiger partial charge in [-0.1, -0.05) is 31.4 Å². The molecule has 1 aromatic rings. The van der Waals surface area contributed by atoms with E-state index in [1.807, 2.05) is 23.1 Å². The molecule has 2 aliphatic rings. The average molecular weight is 463 g/mol. The molecule has 1 aliphatic carbocycles. The van der Waals surface area contributed by atoms with Gasteiger partial charge in [-0.3, -0.25) is 9.59 Å². The zero-order valence-corrected chi connectivity index (χ0v) is 20.5. The van der Waals surface area contributed by atoms with E-state index in [9.17, 15) is 18.0 Å². The van der Waals surface area contributed by atoms with E-state index in [0.717, 1.165) is 31.2 Å². The van der Waals surface area contributed by atoms with Crippen LogP contribution in [0.1, 0.15) is 81.6 Å².